The Hall–Kier alpha value is -3.12. The van der Waals surface area contributed by atoms with Crippen molar-refractivity contribution in [3.63, 3.8) is 0 Å². The van der Waals surface area contributed by atoms with E-state index in [0.29, 0.717) is 12.2 Å². The largest absolute Gasteiger partial charge is 0.453 e. The summed E-state index contributed by atoms with van der Waals surface area (Å²) in [6.07, 6.45) is 0.702. The van der Waals surface area contributed by atoms with Crippen molar-refractivity contribution in [2.75, 3.05) is 5.32 Å². The first kappa shape index (κ1) is 16.8. The molecule has 6 heteroatoms. The van der Waals surface area contributed by atoms with Crippen molar-refractivity contribution in [1.82, 2.24) is 5.01 Å². The number of carbonyl (C=O) groups is 1. The number of hydrogen-bond donors (Lipinski definition) is 1. The highest BCUT2D eigenvalue weighted by molar-refractivity contribution is 9.10. The summed E-state index contributed by atoms with van der Waals surface area (Å²) in [5.41, 5.74) is 3.28. The van der Waals surface area contributed by atoms with Gasteiger partial charge in [-0.15, -0.1) is 0 Å². The standard InChI is InChI=1S/C23H16BrN3O2/c24-15-10-11-21-16(12-15)20-13-19(14-6-2-1-3-7-14)26-27(20)23(29-21)17-8-4-5-9-18(17)25-22(23)28/h1-12,20H,13H2,(H,25,28)/t20-,23+/m1/s1. The van der Waals surface area contributed by atoms with E-state index in [9.17, 15) is 4.79 Å². The summed E-state index contributed by atoms with van der Waals surface area (Å²) >= 11 is 3.57. The number of amides is 1. The lowest BCUT2D eigenvalue weighted by atomic mass is 9.92. The summed E-state index contributed by atoms with van der Waals surface area (Å²) in [7, 11) is 0. The van der Waals surface area contributed by atoms with Gasteiger partial charge in [0, 0.05) is 16.5 Å². The van der Waals surface area contributed by atoms with Crippen LogP contribution in [0.25, 0.3) is 0 Å². The van der Waals surface area contributed by atoms with Crippen LogP contribution in [0.1, 0.15) is 29.2 Å². The fourth-order valence-corrected chi connectivity index (χ4v) is 4.85. The van der Waals surface area contributed by atoms with Crippen molar-refractivity contribution >= 4 is 33.2 Å². The van der Waals surface area contributed by atoms with Crippen LogP contribution in [0.5, 0.6) is 5.75 Å². The molecule has 1 N–H and O–H groups in total. The molecule has 142 valence electrons. The topological polar surface area (TPSA) is 53.9 Å². The molecule has 0 aliphatic carbocycles. The van der Waals surface area contributed by atoms with Gasteiger partial charge in [-0.05, 0) is 29.8 Å². The van der Waals surface area contributed by atoms with Crippen LogP contribution in [-0.4, -0.2) is 16.6 Å². The van der Waals surface area contributed by atoms with Gasteiger partial charge in [0.1, 0.15) is 5.75 Å². The lowest BCUT2D eigenvalue weighted by molar-refractivity contribution is -0.161. The second-order valence-corrected chi connectivity index (χ2v) is 8.32. The van der Waals surface area contributed by atoms with Gasteiger partial charge in [0.05, 0.1) is 23.0 Å². The molecule has 3 aromatic carbocycles. The van der Waals surface area contributed by atoms with E-state index >= 15 is 0 Å². The second kappa shape index (κ2) is 5.94. The predicted molar refractivity (Wildman–Crippen MR) is 114 cm³/mol. The first-order valence-corrected chi connectivity index (χ1v) is 10.3. The highest BCUT2D eigenvalue weighted by Gasteiger charge is 2.60. The van der Waals surface area contributed by atoms with Gasteiger partial charge in [-0.3, -0.25) is 4.79 Å². The van der Waals surface area contributed by atoms with Gasteiger partial charge in [0.25, 0.3) is 5.91 Å². The van der Waals surface area contributed by atoms with Crippen LogP contribution in [0.15, 0.2) is 82.4 Å². The van der Waals surface area contributed by atoms with Crippen molar-refractivity contribution in [3.8, 4) is 5.75 Å². The van der Waals surface area contributed by atoms with E-state index in [4.69, 9.17) is 9.84 Å². The SMILES string of the molecule is O=C1Nc2ccccc2[C@]12Oc1ccc(Br)cc1[C@H]1CC(c3ccccc3)=NN12. The smallest absolute Gasteiger partial charge is 0.306 e. The van der Waals surface area contributed by atoms with Crippen LogP contribution in [0.2, 0.25) is 0 Å². The molecule has 0 fully saturated rings. The van der Waals surface area contributed by atoms with Gasteiger partial charge in [-0.2, -0.15) is 5.10 Å². The second-order valence-electron chi connectivity index (χ2n) is 7.41. The third kappa shape index (κ3) is 2.26. The number of fused-ring (bicyclic) bond motifs is 6. The third-order valence-electron chi connectivity index (χ3n) is 5.78. The molecule has 0 aromatic heterocycles. The van der Waals surface area contributed by atoms with Crippen LogP contribution < -0.4 is 10.1 Å². The number of benzene rings is 3. The average Bonchev–Trinajstić information content (AvgIpc) is 3.31. The predicted octanol–water partition coefficient (Wildman–Crippen LogP) is 4.80. The van der Waals surface area contributed by atoms with E-state index in [1.165, 1.54) is 0 Å². The van der Waals surface area contributed by atoms with Crippen LogP contribution in [0, 0.1) is 0 Å². The van der Waals surface area contributed by atoms with Crippen LogP contribution >= 0.6 is 15.9 Å². The molecule has 0 saturated heterocycles. The first-order valence-electron chi connectivity index (χ1n) is 9.48. The maximum Gasteiger partial charge on any atom is 0.306 e. The molecule has 1 amide bonds. The van der Waals surface area contributed by atoms with Crippen LogP contribution in [-0.2, 0) is 10.5 Å². The highest BCUT2D eigenvalue weighted by atomic mass is 79.9. The van der Waals surface area contributed by atoms with Crippen molar-refractivity contribution in [2.24, 2.45) is 5.10 Å². The summed E-state index contributed by atoms with van der Waals surface area (Å²) in [4.78, 5) is 13.3. The molecule has 29 heavy (non-hydrogen) atoms. The van der Waals surface area contributed by atoms with Crippen LogP contribution in [0.4, 0.5) is 5.69 Å². The number of nitrogens with zero attached hydrogens (tertiary/aromatic N) is 2. The molecule has 1 spiro atoms. The summed E-state index contributed by atoms with van der Waals surface area (Å²) in [6, 6.07) is 23.6. The number of anilines is 1. The molecule has 0 saturated carbocycles. The van der Waals surface area contributed by atoms with E-state index in [-0.39, 0.29) is 11.9 Å². The van der Waals surface area contributed by atoms with Gasteiger partial charge in [0.15, 0.2) is 0 Å². The lowest BCUT2D eigenvalue weighted by Gasteiger charge is -2.44. The minimum atomic E-state index is -1.31. The molecule has 0 unspecified atom stereocenters. The molecule has 2 atom stereocenters. The zero-order valence-electron chi connectivity index (χ0n) is 15.3. The Morgan fingerprint density at radius 3 is 2.72 bits per heavy atom. The van der Waals surface area contributed by atoms with Crippen molar-refractivity contribution in [2.45, 2.75) is 18.2 Å². The molecular formula is C23H16BrN3O2. The Morgan fingerprint density at radius 2 is 1.86 bits per heavy atom. The molecule has 3 aromatic rings. The molecule has 5 nitrogen and oxygen atoms in total. The number of hydrogen-bond acceptors (Lipinski definition) is 4. The number of carbonyl (C=O) groups excluding carboxylic acids is 1. The highest BCUT2D eigenvalue weighted by Crippen LogP contribution is 2.54. The molecule has 3 heterocycles. The number of para-hydroxylation sites is 1. The molecule has 3 aliphatic heterocycles. The quantitative estimate of drug-likeness (QED) is 0.585. The number of rotatable bonds is 1. The van der Waals surface area contributed by atoms with E-state index in [1.54, 1.807) is 0 Å². The Kier molecular flexibility index (Phi) is 3.44. The van der Waals surface area contributed by atoms with Gasteiger partial charge in [0.2, 0.25) is 0 Å². The number of ether oxygens (including phenoxy) is 1. The third-order valence-corrected chi connectivity index (χ3v) is 6.27. The van der Waals surface area contributed by atoms with E-state index in [2.05, 4.69) is 39.4 Å². The maximum atomic E-state index is 13.3. The summed E-state index contributed by atoms with van der Waals surface area (Å²) in [5, 5.41) is 9.78. The summed E-state index contributed by atoms with van der Waals surface area (Å²) in [5.74, 6) is 0.501. The van der Waals surface area contributed by atoms with Gasteiger partial charge in [-0.1, -0.05) is 64.5 Å². The van der Waals surface area contributed by atoms with Crippen molar-refractivity contribution < 1.29 is 9.53 Å². The van der Waals surface area contributed by atoms with E-state index in [0.717, 1.165) is 32.6 Å². The average molecular weight is 446 g/mol. The Bertz CT molecular complexity index is 1190. The molecule has 3 aliphatic rings. The molecular weight excluding hydrogens is 430 g/mol. The van der Waals surface area contributed by atoms with E-state index < -0.39 is 5.72 Å². The zero-order chi connectivity index (χ0) is 19.6. The Balaban J connectivity index is 1.59. The molecule has 0 radical (unpaired) electrons. The first-order chi connectivity index (χ1) is 14.2. The zero-order valence-corrected chi connectivity index (χ0v) is 16.9. The van der Waals surface area contributed by atoms with Gasteiger partial charge < -0.3 is 10.1 Å². The van der Waals surface area contributed by atoms with E-state index in [1.807, 2.05) is 59.6 Å². The summed E-state index contributed by atoms with van der Waals surface area (Å²) < 4.78 is 7.43. The molecule has 6 rings (SSSR count). The Morgan fingerprint density at radius 1 is 1.07 bits per heavy atom. The van der Waals surface area contributed by atoms with Crippen LogP contribution in [0.3, 0.4) is 0 Å². The fraction of sp³-hybridized carbons (Fsp3) is 0.130. The van der Waals surface area contributed by atoms with Crippen molar-refractivity contribution in [3.05, 3.63) is 94.0 Å². The fourth-order valence-electron chi connectivity index (χ4n) is 4.47. The van der Waals surface area contributed by atoms with Gasteiger partial charge in [-0.25, -0.2) is 5.01 Å². The number of nitrogens with one attached hydrogen (secondary N) is 1. The normalized spacial score (nSPS) is 23.8. The lowest BCUT2D eigenvalue weighted by Crippen LogP contribution is -2.55. The number of hydrazone groups is 1. The monoisotopic (exact) mass is 445 g/mol. The Labute approximate surface area is 176 Å². The number of halogens is 1. The minimum absolute atomic E-state index is 0.0941. The molecule has 0 bridgehead atoms. The maximum absolute atomic E-state index is 13.3. The van der Waals surface area contributed by atoms with Crippen molar-refractivity contribution in [1.29, 1.82) is 0 Å². The minimum Gasteiger partial charge on any atom is -0.453 e. The van der Waals surface area contributed by atoms with Gasteiger partial charge >= 0.3 is 5.72 Å². The summed E-state index contributed by atoms with van der Waals surface area (Å²) in [6.45, 7) is 0.